The number of carbonyl (C=O) groups excluding carboxylic acids is 2. The highest BCUT2D eigenvalue weighted by atomic mass is 32.2. The molecule has 0 bridgehead atoms. The monoisotopic (exact) mass is 389 g/mol. The molecule has 2 aromatic carbocycles. The van der Waals surface area contributed by atoms with Crippen molar-refractivity contribution in [3.63, 3.8) is 0 Å². The molecule has 0 saturated carbocycles. The van der Waals surface area contributed by atoms with E-state index in [2.05, 4.69) is 15.4 Å². The SMILES string of the molecule is CC(=O)Nc1ccc(NS(=O)(=O)c2ccc(C)c(C(=O)NC(C)C)c2)cc1. The highest BCUT2D eigenvalue weighted by Gasteiger charge is 2.18. The Morgan fingerprint density at radius 2 is 1.56 bits per heavy atom. The van der Waals surface area contributed by atoms with Gasteiger partial charge in [0.25, 0.3) is 15.9 Å². The minimum atomic E-state index is -3.87. The van der Waals surface area contributed by atoms with Crippen LogP contribution in [0.5, 0.6) is 0 Å². The van der Waals surface area contributed by atoms with E-state index in [1.54, 1.807) is 37.3 Å². The third kappa shape index (κ3) is 5.55. The third-order valence-electron chi connectivity index (χ3n) is 3.64. The van der Waals surface area contributed by atoms with Crippen LogP contribution in [0.4, 0.5) is 11.4 Å². The van der Waals surface area contributed by atoms with Gasteiger partial charge in [-0.3, -0.25) is 14.3 Å². The van der Waals surface area contributed by atoms with Crippen LogP contribution in [0.15, 0.2) is 47.4 Å². The van der Waals surface area contributed by atoms with Crippen LogP contribution in [-0.4, -0.2) is 26.3 Å². The minimum Gasteiger partial charge on any atom is -0.350 e. The number of anilines is 2. The van der Waals surface area contributed by atoms with Crippen molar-refractivity contribution in [2.75, 3.05) is 10.0 Å². The number of sulfonamides is 1. The summed E-state index contributed by atoms with van der Waals surface area (Å²) in [7, 11) is -3.87. The Balaban J connectivity index is 2.26. The lowest BCUT2D eigenvalue weighted by Gasteiger charge is -2.13. The molecule has 7 nitrogen and oxygen atoms in total. The normalized spacial score (nSPS) is 11.1. The predicted octanol–water partition coefficient (Wildman–Crippen LogP) is 2.89. The largest absolute Gasteiger partial charge is 0.350 e. The van der Waals surface area contributed by atoms with E-state index in [1.807, 2.05) is 13.8 Å². The standard InChI is InChI=1S/C19H23N3O4S/c1-12(2)20-19(24)18-11-17(10-5-13(18)3)27(25,26)22-16-8-6-15(7-9-16)21-14(4)23/h5-12,22H,1-4H3,(H,20,24)(H,21,23). The molecule has 2 amide bonds. The van der Waals surface area contributed by atoms with E-state index in [1.165, 1.54) is 19.1 Å². The topological polar surface area (TPSA) is 104 Å². The van der Waals surface area contributed by atoms with Gasteiger partial charge in [0.05, 0.1) is 4.90 Å². The van der Waals surface area contributed by atoms with E-state index in [0.29, 0.717) is 22.5 Å². The fourth-order valence-corrected chi connectivity index (χ4v) is 3.48. The smallest absolute Gasteiger partial charge is 0.261 e. The molecule has 0 aliphatic rings. The van der Waals surface area contributed by atoms with Gasteiger partial charge in [-0.25, -0.2) is 8.42 Å². The van der Waals surface area contributed by atoms with E-state index in [-0.39, 0.29) is 22.8 Å². The van der Waals surface area contributed by atoms with Crippen LogP contribution in [0.3, 0.4) is 0 Å². The van der Waals surface area contributed by atoms with E-state index >= 15 is 0 Å². The summed E-state index contributed by atoms with van der Waals surface area (Å²) >= 11 is 0. The molecule has 27 heavy (non-hydrogen) atoms. The molecule has 0 aliphatic heterocycles. The molecule has 3 N–H and O–H groups in total. The van der Waals surface area contributed by atoms with Gasteiger partial charge in [0, 0.05) is 29.9 Å². The maximum Gasteiger partial charge on any atom is 0.261 e. The van der Waals surface area contributed by atoms with Crippen molar-refractivity contribution < 1.29 is 18.0 Å². The van der Waals surface area contributed by atoms with E-state index in [4.69, 9.17) is 0 Å². The van der Waals surface area contributed by atoms with Gasteiger partial charge in [0.1, 0.15) is 0 Å². The number of benzene rings is 2. The van der Waals surface area contributed by atoms with Crippen LogP contribution in [0.25, 0.3) is 0 Å². The van der Waals surface area contributed by atoms with Crippen molar-refractivity contribution in [2.24, 2.45) is 0 Å². The Morgan fingerprint density at radius 1 is 0.963 bits per heavy atom. The summed E-state index contributed by atoms with van der Waals surface area (Å²) in [6, 6.07) is 10.6. The molecule has 0 unspecified atom stereocenters. The predicted molar refractivity (Wildman–Crippen MR) is 105 cm³/mol. The molecule has 0 spiro atoms. The molecule has 2 aromatic rings. The summed E-state index contributed by atoms with van der Waals surface area (Å²) in [4.78, 5) is 23.3. The number of nitrogens with one attached hydrogen (secondary N) is 3. The van der Waals surface area contributed by atoms with Crippen molar-refractivity contribution in [1.82, 2.24) is 5.32 Å². The Morgan fingerprint density at radius 3 is 2.11 bits per heavy atom. The minimum absolute atomic E-state index is 0.00653. The van der Waals surface area contributed by atoms with Gasteiger partial charge in [0.2, 0.25) is 5.91 Å². The van der Waals surface area contributed by atoms with Gasteiger partial charge in [-0.1, -0.05) is 6.07 Å². The molecule has 0 saturated heterocycles. The van der Waals surface area contributed by atoms with Crippen molar-refractivity contribution >= 4 is 33.2 Å². The Labute approximate surface area is 159 Å². The number of rotatable bonds is 6. The molecule has 144 valence electrons. The van der Waals surface area contributed by atoms with Crippen LogP contribution in [0, 0.1) is 6.92 Å². The van der Waals surface area contributed by atoms with Crippen LogP contribution >= 0.6 is 0 Å². The fraction of sp³-hybridized carbons (Fsp3) is 0.263. The fourth-order valence-electron chi connectivity index (χ4n) is 2.39. The number of aryl methyl sites for hydroxylation is 1. The highest BCUT2D eigenvalue weighted by Crippen LogP contribution is 2.21. The summed E-state index contributed by atoms with van der Waals surface area (Å²) in [6.07, 6.45) is 0. The lowest BCUT2D eigenvalue weighted by atomic mass is 10.1. The first-order valence-corrected chi connectivity index (χ1v) is 9.89. The second-order valence-corrected chi connectivity index (χ2v) is 8.15. The Bertz CT molecular complexity index is 951. The van der Waals surface area contributed by atoms with Crippen LogP contribution < -0.4 is 15.4 Å². The van der Waals surface area contributed by atoms with Crippen molar-refractivity contribution in [3.8, 4) is 0 Å². The van der Waals surface area contributed by atoms with E-state index < -0.39 is 10.0 Å². The lowest BCUT2D eigenvalue weighted by molar-refractivity contribution is -0.114. The quantitative estimate of drug-likeness (QED) is 0.706. The average Bonchev–Trinajstić information content (AvgIpc) is 2.55. The molecule has 0 radical (unpaired) electrons. The van der Waals surface area contributed by atoms with Gasteiger partial charge < -0.3 is 10.6 Å². The van der Waals surface area contributed by atoms with Crippen LogP contribution in [0.1, 0.15) is 36.7 Å². The molecule has 0 fully saturated rings. The van der Waals surface area contributed by atoms with Crippen molar-refractivity contribution in [3.05, 3.63) is 53.6 Å². The Kier molecular flexibility index (Phi) is 6.22. The summed E-state index contributed by atoms with van der Waals surface area (Å²) in [5.74, 6) is -0.533. The zero-order valence-electron chi connectivity index (χ0n) is 15.7. The third-order valence-corrected chi connectivity index (χ3v) is 5.02. The molecule has 0 atom stereocenters. The summed E-state index contributed by atoms with van der Waals surface area (Å²) in [6.45, 7) is 6.81. The summed E-state index contributed by atoms with van der Waals surface area (Å²) in [5, 5.41) is 5.37. The number of amides is 2. The molecule has 0 aliphatic carbocycles. The molecule has 2 rings (SSSR count). The van der Waals surface area contributed by atoms with Gasteiger partial charge in [-0.05, 0) is 62.7 Å². The molecule has 0 aromatic heterocycles. The molecular formula is C19H23N3O4S. The first-order chi connectivity index (χ1) is 12.6. The van der Waals surface area contributed by atoms with Crippen molar-refractivity contribution in [2.45, 2.75) is 38.6 Å². The molecule has 8 heteroatoms. The summed E-state index contributed by atoms with van der Waals surface area (Å²) in [5.41, 5.74) is 1.91. The molecule has 0 heterocycles. The average molecular weight is 389 g/mol. The van der Waals surface area contributed by atoms with E-state index in [9.17, 15) is 18.0 Å². The van der Waals surface area contributed by atoms with Gasteiger partial charge in [-0.2, -0.15) is 0 Å². The van der Waals surface area contributed by atoms with Gasteiger partial charge >= 0.3 is 0 Å². The maximum absolute atomic E-state index is 12.7. The first kappa shape index (κ1) is 20.4. The van der Waals surface area contributed by atoms with E-state index in [0.717, 1.165) is 0 Å². The van der Waals surface area contributed by atoms with Crippen molar-refractivity contribution in [1.29, 1.82) is 0 Å². The number of hydrogen-bond donors (Lipinski definition) is 3. The van der Waals surface area contributed by atoms with Gasteiger partial charge in [0.15, 0.2) is 0 Å². The summed E-state index contributed by atoms with van der Waals surface area (Å²) < 4.78 is 27.8. The van der Waals surface area contributed by atoms with Crippen LogP contribution in [0.2, 0.25) is 0 Å². The maximum atomic E-state index is 12.7. The molecular weight excluding hydrogens is 366 g/mol. The first-order valence-electron chi connectivity index (χ1n) is 8.40. The number of hydrogen-bond acceptors (Lipinski definition) is 4. The number of carbonyl (C=O) groups is 2. The second-order valence-electron chi connectivity index (χ2n) is 6.47. The van der Waals surface area contributed by atoms with Crippen LogP contribution in [-0.2, 0) is 14.8 Å². The zero-order chi connectivity index (χ0) is 20.2. The van der Waals surface area contributed by atoms with Gasteiger partial charge in [-0.15, -0.1) is 0 Å². The zero-order valence-corrected chi connectivity index (χ0v) is 16.5. The second kappa shape index (κ2) is 8.22. The Hall–Kier alpha value is -2.87. The lowest BCUT2D eigenvalue weighted by Crippen LogP contribution is -2.30. The highest BCUT2D eigenvalue weighted by molar-refractivity contribution is 7.92.